The maximum atomic E-state index is 13.3. The Bertz CT molecular complexity index is 639. The number of aromatic nitrogens is 1. The molecule has 0 N–H and O–H groups in total. The van der Waals surface area contributed by atoms with Gasteiger partial charge in [0.1, 0.15) is 11.3 Å². The van der Waals surface area contributed by atoms with Gasteiger partial charge in [-0.25, -0.2) is 9.37 Å². The second kappa shape index (κ2) is 3.96. The van der Waals surface area contributed by atoms with E-state index in [0.717, 1.165) is 5.52 Å². The lowest BCUT2D eigenvalue weighted by Crippen LogP contribution is -1.80. The van der Waals surface area contributed by atoms with Crippen molar-refractivity contribution in [2.45, 2.75) is 0 Å². The van der Waals surface area contributed by atoms with Gasteiger partial charge in [-0.05, 0) is 30.3 Å². The lowest BCUT2D eigenvalue weighted by molar-refractivity contribution is 0.610. The normalized spacial score (nSPS) is 10.9. The molecule has 0 amide bonds. The van der Waals surface area contributed by atoms with Gasteiger partial charge in [0.25, 0.3) is 0 Å². The molecule has 4 heteroatoms. The van der Waals surface area contributed by atoms with Gasteiger partial charge in [0.15, 0.2) is 5.58 Å². The Morgan fingerprint density at radius 2 is 1.94 bits per heavy atom. The van der Waals surface area contributed by atoms with Crippen LogP contribution in [0.15, 0.2) is 51.4 Å². The number of benzene rings is 2. The van der Waals surface area contributed by atoms with Crippen molar-refractivity contribution in [1.82, 2.24) is 4.98 Å². The number of hydrogen-bond acceptors (Lipinski definition) is 2. The Labute approximate surface area is 105 Å². The van der Waals surface area contributed by atoms with Crippen LogP contribution >= 0.6 is 15.9 Å². The van der Waals surface area contributed by atoms with E-state index in [1.807, 2.05) is 24.3 Å². The second-order valence-electron chi connectivity index (χ2n) is 3.64. The summed E-state index contributed by atoms with van der Waals surface area (Å²) in [5.74, 6) is 0.100. The van der Waals surface area contributed by atoms with E-state index in [1.54, 1.807) is 6.07 Å². The molecule has 0 fully saturated rings. The molecule has 2 aromatic carbocycles. The standard InChI is InChI=1S/C13H7BrFNO/c14-9-5-8(6-10(15)7-9)13-16-11-3-1-2-4-12(11)17-13/h1-7H. The molecule has 3 aromatic rings. The zero-order valence-electron chi connectivity index (χ0n) is 8.65. The first-order chi connectivity index (χ1) is 8.22. The zero-order valence-corrected chi connectivity index (χ0v) is 10.2. The highest BCUT2D eigenvalue weighted by atomic mass is 79.9. The quantitative estimate of drug-likeness (QED) is 0.664. The predicted molar refractivity (Wildman–Crippen MR) is 67.1 cm³/mol. The Hall–Kier alpha value is -1.68. The van der Waals surface area contributed by atoms with Crippen LogP contribution in [0.25, 0.3) is 22.6 Å². The smallest absolute Gasteiger partial charge is 0.227 e. The van der Waals surface area contributed by atoms with Crippen LogP contribution in [-0.4, -0.2) is 4.98 Å². The molecule has 0 aliphatic carbocycles. The van der Waals surface area contributed by atoms with E-state index in [9.17, 15) is 4.39 Å². The fourth-order valence-electron chi connectivity index (χ4n) is 1.67. The summed E-state index contributed by atoms with van der Waals surface area (Å²) in [5, 5.41) is 0. The van der Waals surface area contributed by atoms with E-state index in [4.69, 9.17) is 4.42 Å². The number of hydrogen-bond donors (Lipinski definition) is 0. The fourth-order valence-corrected chi connectivity index (χ4v) is 2.14. The molecule has 0 atom stereocenters. The SMILES string of the molecule is Fc1cc(Br)cc(-c2nc3ccccc3o2)c1. The summed E-state index contributed by atoms with van der Waals surface area (Å²) in [5.41, 5.74) is 2.08. The molecule has 17 heavy (non-hydrogen) atoms. The van der Waals surface area contributed by atoms with Crippen LogP contribution in [0.3, 0.4) is 0 Å². The Kier molecular flexibility index (Phi) is 2.44. The summed E-state index contributed by atoms with van der Waals surface area (Å²) >= 11 is 3.24. The topological polar surface area (TPSA) is 26.0 Å². The van der Waals surface area contributed by atoms with Crippen LogP contribution in [0, 0.1) is 5.82 Å². The molecule has 0 unspecified atom stereocenters. The van der Waals surface area contributed by atoms with Crippen molar-refractivity contribution < 1.29 is 8.81 Å². The first-order valence-electron chi connectivity index (χ1n) is 5.04. The molecule has 0 bridgehead atoms. The molecule has 1 heterocycles. The highest BCUT2D eigenvalue weighted by molar-refractivity contribution is 9.10. The number of para-hydroxylation sites is 2. The summed E-state index contributed by atoms with van der Waals surface area (Å²) in [6, 6.07) is 12.0. The molecule has 0 saturated heterocycles. The fraction of sp³-hybridized carbons (Fsp3) is 0. The van der Waals surface area contributed by atoms with E-state index in [-0.39, 0.29) is 5.82 Å². The summed E-state index contributed by atoms with van der Waals surface area (Å²) in [6.07, 6.45) is 0. The summed E-state index contributed by atoms with van der Waals surface area (Å²) in [7, 11) is 0. The van der Waals surface area contributed by atoms with Crippen molar-refractivity contribution in [3.8, 4) is 11.5 Å². The third kappa shape index (κ3) is 1.96. The third-order valence-corrected chi connectivity index (χ3v) is 2.86. The number of halogens is 2. The van der Waals surface area contributed by atoms with Crippen molar-refractivity contribution >= 4 is 27.0 Å². The van der Waals surface area contributed by atoms with Crippen molar-refractivity contribution in [2.24, 2.45) is 0 Å². The van der Waals surface area contributed by atoms with Gasteiger partial charge in [-0.3, -0.25) is 0 Å². The van der Waals surface area contributed by atoms with Gasteiger partial charge < -0.3 is 4.42 Å². The molecule has 2 nitrogen and oxygen atoms in total. The average molecular weight is 292 g/mol. The van der Waals surface area contributed by atoms with Crippen molar-refractivity contribution in [1.29, 1.82) is 0 Å². The summed E-state index contributed by atoms with van der Waals surface area (Å²) < 4.78 is 19.5. The van der Waals surface area contributed by atoms with Crippen LogP contribution in [-0.2, 0) is 0 Å². The van der Waals surface area contributed by atoms with Crippen molar-refractivity contribution in [3.05, 3.63) is 52.8 Å². The summed E-state index contributed by atoms with van der Waals surface area (Å²) in [4.78, 5) is 4.31. The highest BCUT2D eigenvalue weighted by Crippen LogP contribution is 2.27. The molecule has 0 spiro atoms. The minimum Gasteiger partial charge on any atom is -0.436 e. The molecule has 0 saturated carbocycles. The van der Waals surface area contributed by atoms with E-state index < -0.39 is 0 Å². The average Bonchev–Trinajstić information content (AvgIpc) is 2.71. The predicted octanol–water partition coefficient (Wildman–Crippen LogP) is 4.40. The van der Waals surface area contributed by atoms with Crippen LogP contribution in [0.2, 0.25) is 0 Å². The van der Waals surface area contributed by atoms with Gasteiger partial charge in [0.05, 0.1) is 0 Å². The van der Waals surface area contributed by atoms with Gasteiger partial charge >= 0.3 is 0 Å². The van der Waals surface area contributed by atoms with Crippen molar-refractivity contribution in [2.75, 3.05) is 0 Å². The maximum Gasteiger partial charge on any atom is 0.227 e. The lowest BCUT2D eigenvalue weighted by atomic mass is 10.2. The third-order valence-electron chi connectivity index (χ3n) is 2.40. The zero-order chi connectivity index (χ0) is 11.8. The minimum absolute atomic E-state index is 0.323. The molecule has 1 aromatic heterocycles. The maximum absolute atomic E-state index is 13.3. The lowest BCUT2D eigenvalue weighted by Gasteiger charge is -1.97. The van der Waals surface area contributed by atoms with Crippen molar-refractivity contribution in [3.63, 3.8) is 0 Å². The van der Waals surface area contributed by atoms with E-state index in [2.05, 4.69) is 20.9 Å². The largest absolute Gasteiger partial charge is 0.436 e. The van der Waals surface area contributed by atoms with Crippen LogP contribution in [0.4, 0.5) is 4.39 Å². The summed E-state index contributed by atoms with van der Waals surface area (Å²) in [6.45, 7) is 0. The number of fused-ring (bicyclic) bond motifs is 1. The number of oxazole rings is 1. The molecule has 3 rings (SSSR count). The van der Waals surface area contributed by atoms with Crippen LogP contribution < -0.4 is 0 Å². The molecule has 84 valence electrons. The van der Waals surface area contributed by atoms with Gasteiger partial charge in [-0.15, -0.1) is 0 Å². The molecule has 0 aliphatic rings. The first kappa shape index (κ1) is 10.5. The van der Waals surface area contributed by atoms with Gasteiger partial charge in [0, 0.05) is 10.0 Å². The number of nitrogens with zero attached hydrogens (tertiary/aromatic N) is 1. The highest BCUT2D eigenvalue weighted by Gasteiger charge is 2.09. The van der Waals surface area contributed by atoms with E-state index >= 15 is 0 Å². The van der Waals surface area contributed by atoms with E-state index in [0.29, 0.717) is 21.5 Å². The first-order valence-corrected chi connectivity index (χ1v) is 5.84. The van der Waals surface area contributed by atoms with Gasteiger partial charge in [-0.2, -0.15) is 0 Å². The van der Waals surface area contributed by atoms with Gasteiger partial charge in [-0.1, -0.05) is 28.1 Å². The number of rotatable bonds is 1. The van der Waals surface area contributed by atoms with E-state index in [1.165, 1.54) is 12.1 Å². The Morgan fingerprint density at radius 1 is 1.12 bits per heavy atom. The molecular weight excluding hydrogens is 285 g/mol. The van der Waals surface area contributed by atoms with Crippen LogP contribution in [0.5, 0.6) is 0 Å². The minimum atomic E-state index is -0.323. The Balaban J connectivity index is 2.20. The second-order valence-corrected chi connectivity index (χ2v) is 4.56. The van der Waals surface area contributed by atoms with Gasteiger partial charge in [0.2, 0.25) is 5.89 Å². The molecular formula is C13H7BrFNO. The Morgan fingerprint density at radius 3 is 2.71 bits per heavy atom. The monoisotopic (exact) mass is 291 g/mol. The molecule has 0 radical (unpaired) electrons. The molecule has 0 aliphatic heterocycles. The van der Waals surface area contributed by atoms with Crippen LogP contribution in [0.1, 0.15) is 0 Å².